The number of carboxylic acids is 1. The summed E-state index contributed by atoms with van der Waals surface area (Å²) in [6, 6.07) is 0.873. The van der Waals surface area contributed by atoms with Crippen molar-refractivity contribution in [1.29, 1.82) is 0 Å². The van der Waals surface area contributed by atoms with Gasteiger partial charge >= 0.3 is 5.97 Å². The monoisotopic (exact) mass is 270 g/mol. The van der Waals surface area contributed by atoms with Crippen LogP contribution in [0.5, 0.6) is 0 Å². The summed E-state index contributed by atoms with van der Waals surface area (Å²) in [5, 5.41) is 12.3. The van der Waals surface area contributed by atoms with Crippen LogP contribution in [0.4, 0.5) is 0 Å². The molecule has 0 saturated heterocycles. The van der Waals surface area contributed by atoms with Gasteiger partial charge in [-0.15, -0.1) is 0 Å². The molecule has 4 unspecified atom stereocenters. The van der Waals surface area contributed by atoms with E-state index in [0.29, 0.717) is 12.5 Å². The third kappa shape index (κ3) is 4.18. The van der Waals surface area contributed by atoms with Crippen LogP contribution in [0.25, 0.3) is 0 Å². The first-order valence-electron chi connectivity index (χ1n) is 7.44. The van der Waals surface area contributed by atoms with Crippen molar-refractivity contribution in [3.63, 3.8) is 0 Å². The first-order valence-corrected chi connectivity index (χ1v) is 7.44. The molecule has 0 spiro atoms. The molecular weight excluding hydrogens is 240 g/mol. The standard InChI is InChI=1S/C15H30N2O2/c1-11-7-6-8-13(9-11)17(5)12(2)10-15(3,16-4)14(18)19/h11-13,16H,6-10H2,1-5H3,(H,18,19). The Kier molecular flexibility index (Phi) is 5.81. The number of carbonyl (C=O) groups is 1. The lowest BCUT2D eigenvalue weighted by atomic mass is 9.85. The van der Waals surface area contributed by atoms with E-state index < -0.39 is 11.5 Å². The number of likely N-dealkylation sites (N-methyl/N-ethyl adjacent to an activating group) is 1. The maximum absolute atomic E-state index is 11.4. The van der Waals surface area contributed by atoms with Gasteiger partial charge in [-0.05, 0) is 53.1 Å². The zero-order chi connectivity index (χ0) is 14.6. The molecule has 0 aromatic rings. The molecule has 1 fully saturated rings. The zero-order valence-electron chi connectivity index (χ0n) is 13.1. The van der Waals surface area contributed by atoms with Crippen molar-refractivity contribution in [2.24, 2.45) is 5.92 Å². The van der Waals surface area contributed by atoms with E-state index in [0.717, 1.165) is 5.92 Å². The van der Waals surface area contributed by atoms with Crippen LogP contribution in [-0.2, 0) is 4.79 Å². The molecule has 0 radical (unpaired) electrons. The van der Waals surface area contributed by atoms with Gasteiger partial charge in [0, 0.05) is 12.1 Å². The van der Waals surface area contributed by atoms with E-state index in [4.69, 9.17) is 0 Å². The summed E-state index contributed by atoms with van der Waals surface area (Å²) < 4.78 is 0. The van der Waals surface area contributed by atoms with Crippen LogP contribution in [0.2, 0.25) is 0 Å². The summed E-state index contributed by atoms with van der Waals surface area (Å²) in [5.74, 6) is 0.0239. The van der Waals surface area contributed by atoms with Crippen LogP contribution in [0, 0.1) is 5.92 Å². The van der Waals surface area contributed by atoms with Crippen molar-refractivity contribution in [1.82, 2.24) is 10.2 Å². The second-order valence-electron chi connectivity index (χ2n) is 6.53. The molecule has 1 aliphatic rings. The second-order valence-corrected chi connectivity index (χ2v) is 6.53. The van der Waals surface area contributed by atoms with Crippen LogP contribution in [0.15, 0.2) is 0 Å². The van der Waals surface area contributed by atoms with Gasteiger partial charge in [-0.3, -0.25) is 4.79 Å². The number of aliphatic carboxylic acids is 1. The minimum absolute atomic E-state index is 0.267. The average molecular weight is 270 g/mol. The molecule has 0 amide bonds. The molecule has 4 nitrogen and oxygen atoms in total. The zero-order valence-corrected chi connectivity index (χ0v) is 13.1. The van der Waals surface area contributed by atoms with E-state index in [2.05, 4.69) is 31.1 Å². The lowest BCUT2D eigenvalue weighted by molar-refractivity contribution is -0.144. The lowest BCUT2D eigenvalue weighted by Crippen LogP contribution is -2.53. The highest BCUT2D eigenvalue weighted by Gasteiger charge is 2.35. The van der Waals surface area contributed by atoms with E-state index in [1.165, 1.54) is 25.7 Å². The Bertz CT molecular complexity index is 309. The molecule has 4 atom stereocenters. The average Bonchev–Trinajstić information content (AvgIpc) is 2.37. The van der Waals surface area contributed by atoms with Gasteiger partial charge in [0.2, 0.25) is 0 Å². The van der Waals surface area contributed by atoms with E-state index in [1.54, 1.807) is 14.0 Å². The quantitative estimate of drug-likeness (QED) is 0.778. The number of rotatable bonds is 6. The molecule has 0 aromatic carbocycles. The van der Waals surface area contributed by atoms with E-state index in [-0.39, 0.29) is 6.04 Å². The molecule has 1 rings (SSSR count). The van der Waals surface area contributed by atoms with Crippen molar-refractivity contribution < 1.29 is 9.90 Å². The van der Waals surface area contributed by atoms with Gasteiger partial charge in [0.15, 0.2) is 0 Å². The van der Waals surface area contributed by atoms with E-state index in [1.807, 2.05) is 0 Å². The fourth-order valence-corrected chi connectivity index (χ4v) is 3.16. The fourth-order valence-electron chi connectivity index (χ4n) is 3.16. The van der Waals surface area contributed by atoms with Crippen molar-refractivity contribution in [3.8, 4) is 0 Å². The smallest absolute Gasteiger partial charge is 0.323 e. The topological polar surface area (TPSA) is 52.6 Å². The number of nitrogens with zero attached hydrogens (tertiary/aromatic N) is 1. The predicted octanol–water partition coefficient (Wildman–Crippen LogP) is 2.34. The summed E-state index contributed by atoms with van der Waals surface area (Å²) in [6.45, 7) is 6.22. The molecule has 0 bridgehead atoms. The molecule has 0 heterocycles. The van der Waals surface area contributed by atoms with Gasteiger partial charge in [-0.25, -0.2) is 0 Å². The Hall–Kier alpha value is -0.610. The molecule has 19 heavy (non-hydrogen) atoms. The SMILES string of the molecule is CNC(C)(CC(C)N(C)C1CCCC(C)C1)C(=O)O. The van der Waals surface area contributed by atoms with Crippen molar-refractivity contribution in [3.05, 3.63) is 0 Å². The molecule has 112 valence electrons. The van der Waals surface area contributed by atoms with Gasteiger partial charge in [0.1, 0.15) is 5.54 Å². The van der Waals surface area contributed by atoms with Crippen LogP contribution in [0.1, 0.15) is 52.9 Å². The van der Waals surface area contributed by atoms with Crippen LogP contribution in [-0.4, -0.2) is 47.7 Å². The number of nitrogens with one attached hydrogen (secondary N) is 1. The Balaban J connectivity index is 2.61. The molecule has 0 aliphatic heterocycles. The summed E-state index contributed by atoms with van der Waals surface area (Å²) in [4.78, 5) is 13.7. The summed E-state index contributed by atoms with van der Waals surface area (Å²) in [7, 11) is 3.87. The van der Waals surface area contributed by atoms with Gasteiger partial charge in [0.25, 0.3) is 0 Å². The Morgan fingerprint density at radius 3 is 2.63 bits per heavy atom. The van der Waals surface area contributed by atoms with Gasteiger partial charge in [0.05, 0.1) is 0 Å². The number of hydrogen-bond donors (Lipinski definition) is 2. The second kappa shape index (κ2) is 6.71. The Morgan fingerprint density at radius 2 is 2.16 bits per heavy atom. The largest absolute Gasteiger partial charge is 0.480 e. The van der Waals surface area contributed by atoms with E-state index in [9.17, 15) is 9.90 Å². The number of hydrogen-bond acceptors (Lipinski definition) is 3. The van der Waals surface area contributed by atoms with Gasteiger partial charge in [-0.2, -0.15) is 0 Å². The van der Waals surface area contributed by atoms with Crippen LogP contribution < -0.4 is 5.32 Å². The van der Waals surface area contributed by atoms with Crippen molar-refractivity contribution >= 4 is 5.97 Å². The maximum Gasteiger partial charge on any atom is 0.323 e. The first-order chi connectivity index (χ1) is 8.80. The van der Waals surface area contributed by atoms with Gasteiger partial charge in [-0.1, -0.05) is 19.8 Å². The Labute approximate surface area is 117 Å². The molecule has 0 aromatic heterocycles. The number of carboxylic acid groups (broad SMARTS) is 1. The molecule has 4 heteroatoms. The third-order valence-electron chi connectivity index (χ3n) is 4.91. The van der Waals surface area contributed by atoms with Crippen LogP contribution in [0.3, 0.4) is 0 Å². The minimum Gasteiger partial charge on any atom is -0.480 e. The van der Waals surface area contributed by atoms with Gasteiger partial charge < -0.3 is 15.3 Å². The third-order valence-corrected chi connectivity index (χ3v) is 4.91. The minimum atomic E-state index is -0.839. The summed E-state index contributed by atoms with van der Waals surface area (Å²) in [6.07, 6.45) is 5.74. The normalized spacial score (nSPS) is 28.9. The summed E-state index contributed by atoms with van der Waals surface area (Å²) in [5.41, 5.74) is -0.839. The first kappa shape index (κ1) is 16.4. The molecule has 2 N–H and O–H groups in total. The van der Waals surface area contributed by atoms with Crippen molar-refractivity contribution in [2.45, 2.75) is 70.5 Å². The molecular formula is C15H30N2O2. The molecule has 1 saturated carbocycles. The Morgan fingerprint density at radius 1 is 1.53 bits per heavy atom. The predicted molar refractivity (Wildman–Crippen MR) is 78.4 cm³/mol. The van der Waals surface area contributed by atoms with Crippen LogP contribution >= 0.6 is 0 Å². The van der Waals surface area contributed by atoms with Crippen molar-refractivity contribution in [2.75, 3.05) is 14.1 Å². The fraction of sp³-hybridized carbons (Fsp3) is 0.933. The highest BCUT2D eigenvalue weighted by molar-refractivity contribution is 5.78. The van der Waals surface area contributed by atoms with E-state index >= 15 is 0 Å². The maximum atomic E-state index is 11.4. The lowest BCUT2D eigenvalue weighted by Gasteiger charge is -2.40. The molecule has 1 aliphatic carbocycles. The highest BCUT2D eigenvalue weighted by Crippen LogP contribution is 2.29. The highest BCUT2D eigenvalue weighted by atomic mass is 16.4. The summed E-state index contributed by atoms with van der Waals surface area (Å²) >= 11 is 0.